The van der Waals surface area contributed by atoms with Crippen molar-refractivity contribution < 1.29 is 0 Å². The van der Waals surface area contributed by atoms with Crippen molar-refractivity contribution in [2.75, 3.05) is 0 Å². The molecule has 0 N–H and O–H groups in total. The quantitative estimate of drug-likeness (QED) is 0.161. The van der Waals surface area contributed by atoms with Crippen LogP contribution in [0.1, 0.15) is 0 Å². The third kappa shape index (κ3) is 5.38. The Bertz CT molecular complexity index is 4270. The van der Waals surface area contributed by atoms with Gasteiger partial charge in [-0.25, -0.2) is 15.0 Å². The Morgan fingerprint density at radius 1 is 0.296 bits per heavy atom. The van der Waals surface area contributed by atoms with Crippen LogP contribution >= 0.6 is 0 Å². The van der Waals surface area contributed by atoms with Crippen molar-refractivity contribution in [2.24, 2.45) is 0 Å². The summed E-state index contributed by atoms with van der Waals surface area (Å²) in [7, 11) is 0. The first kappa shape index (κ1) is 38.6. The Balaban J connectivity index is 0.911. The number of aromatic nitrogens is 8. The minimum absolute atomic E-state index is 0.0213. The van der Waals surface area contributed by atoms with Gasteiger partial charge in [0.1, 0.15) is 11.6 Å². The van der Waals surface area contributed by atoms with Gasteiger partial charge in [-0.15, -0.1) is 5.10 Å². The zero-order valence-electron chi connectivity index (χ0n) is 38.0. The molecule has 0 unspecified atom stereocenters. The SMILES string of the molecule is c1ccc(-n2c3ccccc3c3cc4c(cc32)B(c2ccc3c5ccc(B6c7ccccc7-c7cc8c9ccccc9n(-c9ccccn9)c8cc76)cc5n(-c5nccnn5)c3c2)c2ccccc2-4)nc1. The predicted octanol–water partition coefficient (Wildman–Crippen LogP) is 8.95. The van der Waals surface area contributed by atoms with Gasteiger partial charge in [0.15, 0.2) is 0 Å². The second kappa shape index (κ2) is 14.6. The van der Waals surface area contributed by atoms with E-state index in [0.717, 1.165) is 55.5 Å². The number of hydrogen-bond donors (Lipinski definition) is 0. The van der Waals surface area contributed by atoms with Crippen LogP contribution in [-0.2, 0) is 0 Å². The molecule has 16 rings (SSSR count). The lowest BCUT2D eigenvalue weighted by atomic mass is 9.39. The van der Waals surface area contributed by atoms with E-state index in [0.29, 0.717) is 5.95 Å². The second-order valence-electron chi connectivity index (χ2n) is 18.9. The van der Waals surface area contributed by atoms with Crippen LogP contribution in [0.2, 0.25) is 0 Å². The van der Waals surface area contributed by atoms with Crippen molar-refractivity contribution in [3.63, 3.8) is 0 Å². The summed E-state index contributed by atoms with van der Waals surface area (Å²) in [4.78, 5) is 14.6. The summed E-state index contributed by atoms with van der Waals surface area (Å²) in [6.07, 6.45) is 7.12. The molecular weight excluding hydrogens is 866 g/mol. The Hall–Kier alpha value is -9.40. The van der Waals surface area contributed by atoms with Crippen LogP contribution in [0.25, 0.3) is 105 Å². The molecule has 0 amide bonds. The van der Waals surface area contributed by atoms with Gasteiger partial charge in [-0.1, -0.05) is 154 Å². The summed E-state index contributed by atoms with van der Waals surface area (Å²) < 4.78 is 6.85. The van der Waals surface area contributed by atoms with E-state index < -0.39 is 0 Å². The highest BCUT2D eigenvalue weighted by Crippen LogP contribution is 2.38. The molecule has 0 spiro atoms. The van der Waals surface area contributed by atoms with Gasteiger partial charge in [-0.2, -0.15) is 5.10 Å². The van der Waals surface area contributed by atoms with Crippen LogP contribution in [0.15, 0.2) is 219 Å². The topological polar surface area (TPSA) is 79.2 Å². The van der Waals surface area contributed by atoms with Gasteiger partial charge in [0.05, 0.1) is 45.5 Å². The van der Waals surface area contributed by atoms with Crippen molar-refractivity contribution in [2.45, 2.75) is 0 Å². The Morgan fingerprint density at radius 2 is 0.761 bits per heavy atom. The van der Waals surface area contributed by atoms with Crippen molar-refractivity contribution in [3.05, 3.63) is 219 Å². The molecule has 0 fully saturated rings. The molecule has 71 heavy (non-hydrogen) atoms. The van der Waals surface area contributed by atoms with Gasteiger partial charge in [0, 0.05) is 44.7 Å². The van der Waals surface area contributed by atoms with E-state index in [1.54, 1.807) is 12.4 Å². The van der Waals surface area contributed by atoms with Gasteiger partial charge in [-0.05, 0) is 95.1 Å². The van der Waals surface area contributed by atoms with Crippen LogP contribution in [-0.4, -0.2) is 52.3 Å². The molecule has 2 aliphatic heterocycles. The second-order valence-corrected chi connectivity index (χ2v) is 18.9. The molecule has 0 atom stereocenters. The van der Waals surface area contributed by atoms with E-state index >= 15 is 0 Å². The minimum Gasteiger partial charge on any atom is -0.294 e. The van der Waals surface area contributed by atoms with E-state index in [4.69, 9.17) is 20.1 Å². The summed E-state index contributed by atoms with van der Waals surface area (Å²) in [5.74, 6) is 2.33. The highest BCUT2D eigenvalue weighted by molar-refractivity contribution is 7.00. The maximum atomic E-state index is 4.88. The molecule has 14 aromatic rings. The fraction of sp³-hybridized carbons (Fsp3) is 0. The Kier molecular flexibility index (Phi) is 7.91. The molecule has 2 aliphatic rings. The maximum absolute atomic E-state index is 4.88. The molecule has 8 nitrogen and oxygen atoms in total. The van der Waals surface area contributed by atoms with Crippen molar-refractivity contribution in [3.8, 4) is 39.8 Å². The molecule has 0 saturated carbocycles. The van der Waals surface area contributed by atoms with E-state index in [-0.39, 0.29) is 13.4 Å². The average Bonchev–Trinajstić information content (AvgIpc) is 4.22. The third-order valence-electron chi connectivity index (χ3n) is 15.3. The maximum Gasteiger partial charge on any atom is 0.254 e. The third-order valence-corrected chi connectivity index (χ3v) is 15.3. The van der Waals surface area contributed by atoms with Crippen molar-refractivity contribution in [1.82, 2.24) is 38.9 Å². The average molecular weight is 903 g/mol. The Morgan fingerprint density at radius 3 is 1.25 bits per heavy atom. The number of benzene rings is 8. The molecular formula is C61H36B2N8. The summed E-state index contributed by atoms with van der Waals surface area (Å²) in [5.41, 5.74) is 19.2. The zero-order chi connectivity index (χ0) is 46.3. The fourth-order valence-corrected chi connectivity index (χ4v) is 12.5. The lowest BCUT2D eigenvalue weighted by Crippen LogP contribution is -2.48. The van der Waals surface area contributed by atoms with Crippen molar-refractivity contribution >= 4 is 112 Å². The summed E-state index contributed by atoms with van der Waals surface area (Å²) >= 11 is 0. The normalized spacial score (nSPS) is 12.7. The Labute approximate surface area is 407 Å². The fourth-order valence-electron chi connectivity index (χ4n) is 12.5. The van der Waals surface area contributed by atoms with Crippen LogP contribution in [0.4, 0.5) is 0 Å². The highest BCUT2D eigenvalue weighted by atomic mass is 15.3. The number of hydrogen-bond acceptors (Lipinski definition) is 5. The van der Waals surface area contributed by atoms with E-state index in [2.05, 4.69) is 201 Å². The molecule has 0 radical (unpaired) electrons. The summed E-state index contributed by atoms with van der Waals surface area (Å²) in [6, 6.07) is 71.1. The number of nitrogens with zero attached hydrogens (tertiary/aromatic N) is 8. The first-order valence-electron chi connectivity index (χ1n) is 24.1. The lowest BCUT2D eigenvalue weighted by molar-refractivity contribution is 0.888. The van der Waals surface area contributed by atoms with Gasteiger partial charge in [0.2, 0.25) is 13.4 Å². The van der Waals surface area contributed by atoms with Gasteiger partial charge in [-0.3, -0.25) is 13.7 Å². The van der Waals surface area contributed by atoms with E-state index in [1.165, 1.54) is 76.6 Å². The minimum atomic E-state index is -0.0213. The molecule has 0 aliphatic carbocycles. The standard InChI is InChI=1S/C61H36B2N8/c1-5-17-49-39(13-1)45-33-47-41-15-3-7-19-53(41)69(59-21-9-11-27-64-59)57(47)35-51(45)62(49)37-23-25-43-44-26-24-38(32-56(44)71(55(43)31-37)61-66-29-30-67-68-61)63-50-18-6-2-14-40(50)46-34-48-42-16-4-8-20-54(42)70(58(48)36-52(46)63)60-22-10-12-28-65-60/h1-36H. The molecule has 8 heterocycles. The van der Waals surface area contributed by atoms with E-state index in [1.807, 2.05) is 24.5 Å². The zero-order valence-corrected chi connectivity index (χ0v) is 38.0. The molecule has 10 heteroatoms. The number of pyridine rings is 2. The monoisotopic (exact) mass is 902 g/mol. The number of fused-ring (bicyclic) bond motifs is 15. The molecule has 8 aromatic carbocycles. The van der Waals surface area contributed by atoms with Gasteiger partial charge < -0.3 is 0 Å². The summed E-state index contributed by atoms with van der Waals surface area (Å²) in [5, 5.41) is 16.2. The highest BCUT2D eigenvalue weighted by Gasteiger charge is 2.37. The van der Waals surface area contributed by atoms with Crippen LogP contribution < -0.4 is 32.8 Å². The number of rotatable bonds is 5. The van der Waals surface area contributed by atoms with Gasteiger partial charge in [0.25, 0.3) is 5.95 Å². The number of para-hydroxylation sites is 2. The molecule has 326 valence electrons. The van der Waals surface area contributed by atoms with Crippen LogP contribution in [0, 0.1) is 0 Å². The first-order chi connectivity index (χ1) is 35.2. The van der Waals surface area contributed by atoms with Crippen molar-refractivity contribution in [1.29, 1.82) is 0 Å². The van der Waals surface area contributed by atoms with Gasteiger partial charge >= 0.3 is 0 Å². The predicted molar refractivity (Wildman–Crippen MR) is 292 cm³/mol. The lowest BCUT2D eigenvalue weighted by Gasteiger charge is -2.14. The van der Waals surface area contributed by atoms with Crippen LogP contribution in [0.5, 0.6) is 0 Å². The smallest absolute Gasteiger partial charge is 0.254 e. The molecule has 0 bridgehead atoms. The summed E-state index contributed by atoms with van der Waals surface area (Å²) in [6.45, 7) is -0.0425. The largest absolute Gasteiger partial charge is 0.294 e. The van der Waals surface area contributed by atoms with E-state index in [9.17, 15) is 0 Å². The first-order valence-corrected chi connectivity index (χ1v) is 24.1. The molecule has 0 saturated heterocycles. The van der Waals surface area contributed by atoms with Crippen LogP contribution in [0.3, 0.4) is 0 Å². The molecule has 6 aromatic heterocycles.